The molecule has 1 aliphatic rings. The molecule has 0 saturated carbocycles. The molecule has 0 bridgehead atoms. The van der Waals surface area contributed by atoms with E-state index in [0.29, 0.717) is 11.9 Å². The molecule has 1 fully saturated rings. The molecule has 0 amide bonds. The fourth-order valence-corrected chi connectivity index (χ4v) is 3.93. The summed E-state index contributed by atoms with van der Waals surface area (Å²) < 4.78 is 16.9. The Labute approximate surface area is 174 Å². The van der Waals surface area contributed by atoms with Crippen LogP contribution in [-0.4, -0.2) is 45.5 Å². The summed E-state index contributed by atoms with van der Waals surface area (Å²) in [5.74, 6) is 0.370. The predicted octanol–water partition coefficient (Wildman–Crippen LogP) is 3.69. The van der Waals surface area contributed by atoms with E-state index in [-0.39, 0.29) is 5.82 Å². The third-order valence-corrected chi connectivity index (χ3v) is 5.51. The Kier molecular flexibility index (Phi) is 4.71. The predicted molar refractivity (Wildman–Crippen MR) is 117 cm³/mol. The van der Waals surface area contributed by atoms with Gasteiger partial charge in [0.1, 0.15) is 5.65 Å². The van der Waals surface area contributed by atoms with Gasteiger partial charge in [-0.1, -0.05) is 13.8 Å². The van der Waals surface area contributed by atoms with E-state index in [4.69, 9.17) is 0 Å². The second-order valence-corrected chi connectivity index (χ2v) is 7.87. The molecule has 5 heterocycles. The molecular weight excluding hydrogens is 381 g/mol. The Bertz CT molecular complexity index is 1210. The summed E-state index contributed by atoms with van der Waals surface area (Å²) >= 11 is 0. The number of piperazine rings is 1. The first-order valence-corrected chi connectivity index (χ1v) is 10.3. The van der Waals surface area contributed by atoms with Gasteiger partial charge in [0.05, 0.1) is 11.9 Å². The van der Waals surface area contributed by atoms with Crippen molar-refractivity contribution in [2.45, 2.75) is 19.8 Å². The summed E-state index contributed by atoms with van der Waals surface area (Å²) in [6.45, 7) is 7.76. The molecule has 4 aromatic rings. The number of pyridine rings is 2. The lowest BCUT2D eigenvalue weighted by molar-refractivity contribution is 0.583. The molecule has 7 nitrogen and oxygen atoms in total. The second kappa shape index (κ2) is 7.53. The van der Waals surface area contributed by atoms with Crippen molar-refractivity contribution in [1.82, 2.24) is 24.7 Å². The molecule has 0 unspecified atom stereocenters. The third kappa shape index (κ3) is 3.33. The van der Waals surface area contributed by atoms with Crippen LogP contribution in [-0.2, 0) is 0 Å². The van der Waals surface area contributed by atoms with Gasteiger partial charge in [-0.2, -0.15) is 4.98 Å². The van der Waals surface area contributed by atoms with Crippen LogP contribution in [0.4, 0.5) is 21.8 Å². The highest BCUT2D eigenvalue weighted by molar-refractivity contribution is 5.80. The molecule has 0 radical (unpaired) electrons. The minimum Gasteiger partial charge on any atom is -0.368 e. The average molecular weight is 405 g/mol. The SMILES string of the molecule is CC(C)c1ccc2ccc3cnc(Nc4ncc(N5CCNCC5)cc4F)nc3n12. The molecule has 0 spiro atoms. The third-order valence-electron chi connectivity index (χ3n) is 5.51. The van der Waals surface area contributed by atoms with E-state index >= 15 is 0 Å². The van der Waals surface area contributed by atoms with Crippen molar-refractivity contribution in [2.75, 3.05) is 36.4 Å². The van der Waals surface area contributed by atoms with Gasteiger partial charge in [0.2, 0.25) is 5.95 Å². The maximum atomic E-state index is 14.7. The number of anilines is 3. The number of aromatic nitrogens is 4. The van der Waals surface area contributed by atoms with Gasteiger partial charge in [-0.05, 0) is 30.2 Å². The van der Waals surface area contributed by atoms with Crippen LogP contribution in [0.3, 0.4) is 0 Å². The Morgan fingerprint density at radius 3 is 2.63 bits per heavy atom. The van der Waals surface area contributed by atoms with Crippen molar-refractivity contribution in [2.24, 2.45) is 0 Å². The van der Waals surface area contributed by atoms with Crippen LogP contribution in [0.2, 0.25) is 0 Å². The summed E-state index contributed by atoms with van der Waals surface area (Å²) in [7, 11) is 0. The number of hydrogen-bond donors (Lipinski definition) is 2. The highest BCUT2D eigenvalue weighted by Gasteiger charge is 2.15. The zero-order valence-electron chi connectivity index (χ0n) is 17.1. The van der Waals surface area contributed by atoms with E-state index in [2.05, 4.69) is 66.9 Å². The van der Waals surface area contributed by atoms with Gasteiger partial charge in [-0.15, -0.1) is 0 Å². The molecule has 0 atom stereocenters. The molecule has 2 N–H and O–H groups in total. The minimum atomic E-state index is -0.420. The van der Waals surface area contributed by atoms with Crippen molar-refractivity contribution in [1.29, 1.82) is 0 Å². The van der Waals surface area contributed by atoms with E-state index in [9.17, 15) is 4.39 Å². The van der Waals surface area contributed by atoms with Crippen LogP contribution in [0.15, 0.2) is 42.7 Å². The van der Waals surface area contributed by atoms with Crippen LogP contribution in [0, 0.1) is 5.82 Å². The van der Waals surface area contributed by atoms with Gasteiger partial charge < -0.3 is 15.5 Å². The molecule has 1 saturated heterocycles. The molecule has 1 aliphatic heterocycles. The van der Waals surface area contributed by atoms with E-state index in [1.807, 2.05) is 6.07 Å². The van der Waals surface area contributed by atoms with E-state index in [1.165, 1.54) is 11.8 Å². The highest BCUT2D eigenvalue weighted by atomic mass is 19.1. The number of halogens is 1. The first-order chi connectivity index (χ1) is 14.6. The Morgan fingerprint density at radius 1 is 1.07 bits per heavy atom. The molecule has 0 aromatic carbocycles. The monoisotopic (exact) mass is 405 g/mol. The maximum Gasteiger partial charge on any atom is 0.230 e. The van der Waals surface area contributed by atoms with Crippen LogP contribution in [0.25, 0.3) is 16.6 Å². The largest absolute Gasteiger partial charge is 0.368 e. The lowest BCUT2D eigenvalue weighted by Gasteiger charge is -2.29. The minimum absolute atomic E-state index is 0.122. The summed E-state index contributed by atoms with van der Waals surface area (Å²) in [6, 6.07) is 9.77. The molecule has 30 heavy (non-hydrogen) atoms. The average Bonchev–Trinajstić information content (AvgIpc) is 3.21. The van der Waals surface area contributed by atoms with Gasteiger partial charge in [-0.25, -0.2) is 14.4 Å². The lowest BCUT2D eigenvalue weighted by Crippen LogP contribution is -2.43. The summed E-state index contributed by atoms with van der Waals surface area (Å²) in [6.07, 6.45) is 3.44. The number of nitrogens with one attached hydrogen (secondary N) is 2. The van der Waals surface area contributed by atoms with Crippen LogP contribution >= 0.6 is 0 Å². The first-order valence-electron chi connectivity index (χ1n) is 10.3. The first kappa shape index (κ1) is 18.7. The van der Waals surface area contributed by atoms with Crippen molar-refractivity contribution in [3.63, 3.8) is 0 Å². The Morgan fingerprint density at radius 2 is 1.87 bits per heavy atom. The smallest absolute Gasteiger partial charge is 0.230 e. The van der Waals surface area contributed by atoms with E-state index < -0.39 is 5.82 Å². The molecule has 4 aromatic heterocycles. The summed E-state index contributed by atoms with van der Waals surface area (Å²) in [5.41, 5.74) is 3.82. The lowest BCUT2D eigenvalue weighted by atomic mass is 10.1. The van der Waals surface area contributed by atoms with Crippen molar-refractivity contribution in [3.8, 4) is 0 Å². The number of hydrogen-bond acceptors (Lipinski definition) is 6. The van der Waals surface area contributed by atoms with Gasteiger partial charge in [0.15, 0.2) is 11.6 Å². The molecule has 0 aliphatic carbocycles. The molecule has 154 valence electrons. The molecule has 8 heteroatoms. The summed E-state index contributed by atoms with van der Waals surface area (Å²) in [5, 5.41) is 7.16. The van der Waals surface area contributed by atoms with E-state index in [0.717, 1.165) is 48.4 Å². The number of nitrogens with zero attached hydrogens (tertiary/aromatic N) is 5. The van der Waals surface area contributed by atoms with Crippen LogP contribution < -0.4 is 15.5 Å². The Hall–Kier alpha value is -3.26. The van der Waals surface area contributed by atoms with Gasteiger partial charge in [0.25, 0.3) is 0 Å². The zero-order chi connectivity index (χ0) is 20.7. The van der Waals surface area contributed by atoms with Crippen molar-refractivity contribution in [3.05, 3.63) is 54.2 Å². The number of rotatable bonds is 4. The molecule has 5 rings (SSSR count). The fourth-order valence-electron chi connectivity index (χ4n) is 3.93. The van der Waals surface area contributed by atoms with Gasteiger partial charge in [-0.3, -0.25) is 4.40 Å². The normalized spacial score (nSPS) is 14.7. The van der Waals surface area contributed by atoms with Crippen molar-refractivity contribution >= 4 is 34.0 Å². The maximum absolute atomic E-state index is 14.7. The van der Waals surface area contributed by atoms with E-state index in [1.54, 1.807) is 12.4 Å². The van der Waals surface area contributed by atoms with Crippen molar-refractivity contribution < 1.29 is 4.39 Å². The van der Waals surface area contributed by atoms with Gasteiger partial charge >= 0.3 is 0 Å². The topological polar surface area (TPSA) is 70.4 Å². The molecular formula is C22H24FN7. The zero-order valence-corrected chi connectivity index (χ0v) is 17.1. The van der Waals surface area contributed by atoms with Crippen LogP contribution in [0.1, 0.15) is 25.5 Å². The fraction of sp³-hybridized carbons (Fsp3) is 0.318. The number of fused-ring (bicyclic) bond motifs is 3. The van der Waals surface area contributed by atoms with Gasteiger partial charge in [0, 0.05) is 55.0 Å². The Balaban J connectivity index is 1.49. The summed E-state index contributed by atoms with van der Waals surface area (Å²) in [4.78, 5) is 15.5. The quantitative estimate of drug-likeness (QED) is 0.540. The highest BCUT2D eigenvalue weighted by Crippen LogP contribution is 2.25. The van der Waals surface area contributed by atoms with Crippen LogP contribution in [0.5, 0.6) is 0 Å². The second-order valence-electron chi connectivity index (χ2n) is 7.87. The standard InChI is InChI=1S/C22H24FN7/c1-14(2)19-6-5-16-4-3-15-12-26-22(28-21(15)30(16)19)27-20-18(23)11-17(13-25-20)29-9-7-24-8-10-29/h3-6,11-14,24H,7-10H2,1-2H3,(H,25,26,27,28).